The van der Waals surface area contributed by atoms with Crippen LogP contribution in [0, 0.1) is 0 Å². The largest absolute Gasteiger partial charge is 0.298 e. The van der Waals surface area contributed by atoms with Gasteiger partial charge in [-0.15, -0.1) is 0 Å². The second-order valence-corrected chi connectivity index (χ2v) is 6.81. The summed E-state index contributed by atoms with van der Waals surface area (Å²) in [4.78, 5) is 5.50. The van der Waals surface area contributed by atoms with Crippen LogP contribution in [0.1, 0.15) is 50.7 Å². The normalized spacial score (nSPS) is 27.5. The van der Waals surface area contributed by atoms with Crippen molar-refractivity contribution in [1.82, 2.24) is 9.80 Å². The van der Waals surface area contributed by atoms with Crippen LogP contribution < -0.4 is 0 Å². The number of piperazine rings is 1. The molecule has 2 unspecified atom stereocenters. The molecule has 0 N–H and O–H groups in total. The van der Waals surface area contributed by atoms with Gasteiger partial charge in [0.1, 0.15) is 0 Å². The van der Waals surface area contributed by atoms with E-state index in [9.17, 15) is 0 Å². The summed E-state index contributed by atoms with van der Waals surface area (Å²) in [6.45, 7) is 9.60. The third kappa shape index (κ3) is 3.49. The van der Waals surface area contributed by atoms with Gasteiger partial charge in [-0.25, -0.2) is 0 Å². The lowest BCUT2D eigenvalue weighted by Crippen LogP contribution is -2.58. The molecule has 2 fully saturated rings. The van der Waals surface area contributed by atoms with Gasteiger partial charge in [0.25, 0.3) is 0 Å². The van der Waals surface area contributed by atoms with E-state index in [0.29, 0.717) is 0 Å². The summed E-state index contributed by atoms with van der Waals surface area (Å²) in [6, 6.07) is 10.8. The van der Waals surface area contributed by atoms with Gasteiger partial charge in [-0.05, 0) is 43.4 Å². The van der Waals surface area contributed by atoms with Gasteiger partial charge in [-0.2, -0.15) is 0 Å². The Hall–Kier alpha value is -0.860. The predicted octanol–water partition coefficient (Wildman–Crippen LogP) is 3.70. The molecule has 2 aliphatic rings. The molecule has 0 bridgehead atoms. The van der Waals surface area contributed by atoms with Gasteiger partial charge in [-0.3, -0.25) is 9.80 Å². The first kappa shape index (κ1) is 15.1. The molecule has 1 aromatic rings. The van der Waals surface area contributed by atoms with Crippen molar-refractivity contribution in [3.8, 4) is 0 Å². The number of rotatable bonds is 4. The lowest BCUT2D eigenvalue weighted by atomic mass is 9.95. The number of benzene rings is 1. The van der Waals surface area contributed by atoms with Crippen LogP contribution in [0.4, 0.5) is 0 Å². The van der Waals surface area contributed by atoms with Gasteiger partial charge in [0.15, 0.2) is 0 Å². The van der Waals surface area contributed by atoms with E-state index in [4.69, 9.17) is 0 Å². The lowest BCUT2D eigenvalue weighted by Gasteiger charge is -2.48. The minimum atomic E-state index is 0.741. The van der Waals surface area contributed by atoms with E-state index in [-0.39, 0.29) is 0 Å². The fourth-order valence-electron chi connectivity index (χ4n) is 4.01. The topological polar surface area (TPSA) is 6.48 Å². The van der Waals surface area contributed by atoms with Crippen molar-refractivity contribution in [2.75, 3.05) is 19.6 Å². The first-order valence-corrected chi connectivity index (χ1v) is 8.86. The summed E-state index contributed by atoms with van der Waals surface area (Å²) < 4.78 is 0. The van der Waals surface area contributed by atoms with Gasteiger partial charge in [-0.1, -0.05) is 44.5 Å². The maximum Gasteiger partial charge on any atom is 0.0237 e. The number of fused-ring (bicyclic) bond motifs is 1. The zero-order valence-corrected chi connectivity index (χ0v) is 13.7. The number of aryl methyl sites for hydroxylation is 1. The van der Waals surface area contributed by atoms with Crippen molar-refractivity contribution in [1.29, 1.82) is 0 Å². The Bertz CT molecular complexity index is 439. The van der Waals surface area contributed by atoms with E-state index in [1.807, 2.05) is 0 Å². The number of nitrogens with zero attached hydrogens (tertiary/aromatic N) is 2. The second-order valence-electron chi connectivity index (χ2n) is 6.81. The van der Waals surface area contributed by atoms with E-state index in [2.05, 4.69) is 47.9 Å². The molecule has 2 heterocycles. The maximum absolute atomic E-state index is 2.76. The molecule has 2 saturated heterocycles. The second kappa shape index (κ2) is 6.93. The molecule has 0 radical (unpaired) electrons. The fourth-order valence-corrected chi connectivity index (χ4v) is 4.01. The Labute approximate surface area is 130 Å². The Morgan fingerprint density at radius 1 is 1.00 bits per heavy atom. The minimum Gasteiger partial charge on any atom is -0.298 e. The van der Waals surface area contributed by atoms with Gasteiger partial charge in [0.2, 0.25) is 0 Å². The van der Waals surface area contributed by atoms with Crippen LogP contribution in [0.15, 0.2) is 24.3 Å². The van der Waals surface area contributed by atoms with E-state index < -0.39 is 0 Å². The van der Waals surface area contributed by atoms with Crippen LogP contribution in [-0.2, 0) is 13.0 Å². The van der Waals surface area contributed by atoms with Crippen molar-refractivity contribution in [2.45, 2.75) is 64.6 Å². The fraction of sp³-hybridized carbons (Fsp3) is 0.684. The highest BCUT2D eigenvalue weighted by atomic mass is 15.3. The number of hydrogen-bond donors (Lipinski definition) is 0. The van der Waals surface area contributed by atoms with Gasteiger partial charge >= 0.3 is 0 Å². The molecule has 21 heavy (non-hydrogen) atoms. The molecule has 0 aliphatic carbocycles. The molecule has 0 saturated carbocycles. The van der Waals surface area contributed by atoms with Crippen molar-refractivity contribution in [3.05, 3.63) is 35.4 Å². The van der Waals surface area contributed by atoms with Gasteiger partial charge in [0.05, 0.1) is 0 Å². The summed E-state index contributed by atoms with van der Waals surface area (Å²) in [6.07, 6.45) is 6.65. The number of piperidine rings is 1. The molecular formula is C19H30N2. The van der Waals surface area contributed by atoms with Crippen LogP contribution in [-0.4, -0.2) is 41.5 Å². The smallest absolute Gasteiger partial charge is 0.0237 e. The van der Waals surface area contributed by atoms with E-state index in [0.717, 1.165) is 25.0 Å². The van der Waals surface area contributed by atoms with Crippen molar-refractivity contribution < 1.29 is 0 Å². The lowest BCUT2D eigenvalue weighted by molar-refractivity contribution is 0.00327. The van der Waals surface area contributed by atoms with E-state index in [1.165, 1.54) is 56.4 Å². The van der Waals surface area contributed by atoms with Crippen LogP contribution in [0.5, 0.6) is 0 Å². The molecule has 0 aromatic heterocycles. The van der Waals surface area contributed by atoms with Gasteiger partial charge in [0, 0.05) is 31.7 Å². The number of hydrogen-bond acceptors (Lipinski definition) is 2. The van der Waals surface area contributed by atoms with Crippen molar-refractivity contribution in [2.24, 2.45) is 0 Å². The summed E-state index contributed by atoms with van der Waals surface area (Å²) in [5.41, 5.74) is 2.93. The summed E-state index contributed by atoms with van der Waals surface area (Å²) in [7, 11) is 0. The molecule has 2 nitrogen and oxygen atoms in total. The van der Waals surface area contributed by atoms with Gasteiger partial charge < -0.3 is 0 Å². The standard InChI is InChI=1S/C19H30N2/c1-3-16-8-10-17(11-9-16)13-21-15-19-7-5-6-12-20(19)14-18(21)4-2/h8-11,18-19H,3-7,12-15H2,1-2H3. The molecule has 116 valence electrons. The molecule has 1 aromatic carbocycles. The van der Waals surface area contributed by atoms with E-state index >= 15 is 0 Å². The highest BCUT2D eigenvalue weighted by Crippen LogP contribution is 2.26. The highest BCUT2D eigenvalue weighted by Gasteiger charge is 2.33. The summed E-state index contributed by atoms with van der Waals surface area (Å²) >= 11 is 0. The summed E-state index contributed by atoms with van der Waals surface area (Å²) in [5, 5.41) is 0. The van der Waals surface area contributed by atoms with Crippen LogP contribution >= 0.6 is 0 Å². The molecule has 3 rings (SSSR count). The minimum absolute atomic E-state index is 0.741. The third-order valence-electron chi connectivity index (χ3n) is 5.44. The van der Waals surface area contributed by atoms with Crippen LogP contribution in [0.25, 0.3) is 0 Å². The Morgan fingerprint density at radius 2 is 1.76 bits per heavy atom. The third-order valence-corrected chi connectivity index (χ3v) is 5.44. The Balaban J connectivity index is 1.67. The SMILES string of the molecule is CCc1ccc(CN2CC3CCCCN3CC2CC)cc1. The Morgan fingerprint density at radius 3 is 2.48 bits per heavy atom. The van der Waals surface area contributed by atoms with E-state index in [1.54, 1.807) is 0 Å². The zero-order chi connectivity index (χ0) is 14.7. The average molecular weight is 286 g/mol. The first-order valence-electron chi connectivity index (χ1n) is 8.86. The quantitative estimate of drug-likeness (QED) is 0.833. The van der Waals surface area contributed by atoms with Crippen LogP contribution in [0.3, 0.4) is 0 Å². The molecule has 2 aliphatic heterocycles. The predicted molar refractivity (Wildman–Crippen MR) is 89.5 cm³/mol. The molecule has 0 spiro atoms. The monoisotopic (exact) mass is 286 g/mol. The molecular weight excluding hydrogens is 256 g/mol. The van der Waals surface area contributed by atoms with Crippen molar-refractivity contribution in [3.63, 3.8) is 0 Å². The summed E-state index contributed by atoms with van der Waals surface area (Å²) in [5.74, 6) is 0. The molecule has 2 atom stereocenters. The maximum atomic E-state index is 2.76. The molecule has 2 heteroatoms. The average Bonchev–Trinajstić information content (AvgIpc) is 2.55. The Kier molecular flexibility index (Phi) is 4.97. The van der Waals surface area contributed by atoms with Crippen LogP contribution in [0.2, 0.25) is 0 Å². The highest BCUT2D eigenvalue weighted by molar-refractivity contribution is 5.22. The first-order chi connectivity index (χ1) is 10.3. The molecule has 0 amide bonds. The van der Waals surface area contributed by atoms with Crippen molar-refractivity contribution >= 4 is 0 Å². The zero-order valence-electron chi connectivity index (χ0n) is 13.7.